The Morgan fingerprint density at radius 1 is 1.29 bits per heavy atom. The highest BCUT2D eigenvalue weighted by Gasteiger charge is 2.34. The number of carboxylic acid groups (broad SMARTS) is 1. The molecule has 1 fully saturated rings. The van der Waals surface area contributed by atoms with Crippen LogP contribution in [0.15, 0.2) is 12.1 Å². The zero-order valence-corrected chi connectivity index (χ0v) is 13.0. The lowest BCUT2D eigenvalue weighted by Gasteiger charge is -2.19. The molecule has 1 aromatic carbocycles. The molecule has 1 saturated heterocycles. The quantitative estimate of drug-likeness (QED) is 0.901. The number of aryl methyl sites for hydroxylation is 1. The van der Waals surface area contributed by atoms with Crippen LogP contribution in [0.1, 0.15) is 18.1 Å². The van der Waals surface area contributed by atoms with Crippen molar-refractivity contribution >= 4 is 5.97 Å². The molecule has 1 aliphatic rings. The molecule has 2 rings (SSSR count). The molecule has 1 aromatic rings. The number of hydrogen-bond acceptors (Lipinski definition) is 4. The van der Waals surface area contributed by atoms with Gasteiger partial charge < -0.3 is 14.6 Å². The average molecular weight is 293 g/mol. The highest BCUT2D eigenvalue weighted by atomic mass is 16.5. The van der Waals surface area contributed by atoms with Gasteiger partial charge in [-0.25, -0.2) is 0 Å². The number of carboxylic acids is 1. The standard InChI is InChI=1S/C16H23NO4/c1-10-5-14(20-3)15(21-4)6-12(10)8-17-7-11(2)13(9-17)16(18)19/h5-6,11,13H,7-9H2,1-4H3,(H,18,19). The number of nitrogens with zero attached hydrogens (tertiary/aromatic N) is 1. The SMILES string of the molecule is COc1cc(C)c(CN2CC(C)C(C(=O)O)C2)cc1OC. The molecular formula is C16H23NO4. The van der Waals surface area contributed by atoms with E-state index in [4.69, 9.17) is 9.47 Å². The van der Waals surface area contributed by atoms with Gasteiger partial charge in [0, 0.05) is 19.6 Å². The van der Waals surface area contributed by atoms with Crippen LogP contribution in [-0.2, 0) is 11.3 Å². The predicted molar refractivity (Wildman–Crippen MR) is 79.8 cm³/mol. The third kappa shape index (κ3) is 3.29. The Bertz CT molecular complexity index is 529. The van der Waals surface area contributed by atoms with E-state index in [1.54, 1.807) is 14.2 Å². The van der Waals surface area contributed by atoms with Crippen molar-refractivity contribution < 1.29 is 19.4 Å². The Morgan fingerprint density at radius 3 is 2.43 bits per heavy atom. The van der Waals surface area contributed by atoms with Gasteiger partial charge in [-0.1, -0.05) is 6.92 Å². The largest absolute Gasteiger partial charge is 0.493 e. The summed E-state index contributed by atoms with van der Waals surface area (Å²) in [5, 5.41) is 9.21. The van der Waals surface area contributed by atoms with Crippen molar-refractivity contribution in [2.45, 2.75) is 20.4 Å². The summed E-state index contributed by atoms with van der Waals surface area (Å²) in [7, 11) is 3.24. The van der Waals surface area contributed by atoms with Gasteiger partial charge in [-0.3, -0.25) is 9.69 Å². The topological polar surface area (TPSA) is 59.0 Å². The lowest BCUT2D eigenvalue weighted by atomic mass is 9.99. The second kappa shape index (κ2) is 6.35. The van der Waals surface area contributed by atoms with Crippen molar-refractivity contribution in [2.24, 2.45) is 11.8 Å². The minimum Gasteiger partial charge on any atom is -0.493 e. The number of rotatable bonds is 5. The third-order valence-corrected chi connectivity index (χ3v) is 4.24. The number of hydrogen-bond donors (Lipinski definition) is 1. The lowest BCUT2D eigenvalue weighted by Crippen LogP contribution is -2.23. The predicted octanol–water partition coefficient (Wildman–Crippen LogP) is 2.16. The summed E-state index contributed by atoms with van der Waals surface area (Å²) in [4.78, 5) is 13.4. The lowest BCUT2D eigenvalue weighted by molar-refractivity contribution is -0.142. The fraction of sp³-hybridized carbons (Fsp3) is 0.562. The zero-order valence-electron chi connectivity index (χ0n) is 13.0. The summed E-state index contributed by atoms with van der Waals surface area (Å²) in [6.07, 6.45) is 0. The van der Waals surface area contributed by atoms with Crippen LogP contribution in [0.3, 0.4) is 0 Å². The van der Waals surface area contributed by atoms with Crippen LogP contribution in [0, 0.1) is 18.8 Å². The number of methoxy groups -OCH3 is 2. The van der Waals surface area contributed by atoms with Crippen molar-refractivity contribution in [1.29, 1.82) is 0 Å². The molecule has 1 heterocycles. The van der Waals surface area contributed by atoms with Crippen molar-refractivity contribution in [3.8, 4) is 11.5 Å². The Kier molecular flexibility index (Phi) is 4.73. The summed E-state index contributed by atoms with van der Waals surface area (Å²) in [5.74, 6) is 0.638. The van der Waals surface area contributed by atoms with E-state index in [0.29, 0.717) is 12.3 Å². The van der Waals surface area contributed by atoms with Crippen LogP contribution in [0.4, 0.5) is 0 Å². The number of ether oxygens (including phenoxy) is 2. The molecule has 1 N–H and O–H groups in total. The van der Waals surface area contributed by atoms with Crippen LogP contribution in [0.2, 0.25) is 0 Å². The molecule has 0 amide bonds. The molecule has 5 heteroatoms. The molecule has 116 valence electrons. The number of carbonyl (C=O) groups is 1. The Balaban J connectivity index is 2.15. The molecule has 0 radical (unpaired) electrons. The third-order valence-electron chi connectivity index (χ3n) is 4.24. The molecule has 0 aliphatic carbocycles. The van der Waals surface area contributed by atoms with E-state index in [-0.39, 0.29) is 11.8 Å². The Morgan fingerprint density at radius 2 is 1.90 bits per heavy atom. The van der Waals surface area contributed by atoms with Gasteiger partial charge in [-0.2, -0.15) is 0 Å². The highest BCUT2D eigenvalue weighted by Crippen LogP contribution is 2.32. The maximum atomic E-state index is 11.2. The molecule has 0 bridgehead atoms. The van der Waals surface area contributed by atoms with Crippen molar-refractivity contribution in [3.05, 3.63) is 23.3 Å². The fourth-order valence-electron chi connectivity index (χ4n) is 2.95. The van der Waals surface area contributed by atoms with Gasteiger partial charge in [0.2, 0.25) is 0 Å². The van der Waals surface area contributed by atoms with Gasteiger partial charge in [-0.05, 0) is 36.1 Å². The van der Waals surface area contributed by atoms with Crippen LogP contribution in [0.25, 0.3) is 0 Å². The maximum Gasteiger partial charge on any atom is 0.308 e. The minimum atomic E-state index is -0.700. The summed E-state index contributed by atoms with van der Waals surface area (Å²) >= 11 is 0. The normalized spacial score (nSPS) is 22.3. The van der Waals surface area contributed by atoms with Crippen LogP contribution in [0.5, 0.6) is 11.5 Å². The van der Waals surface area contributed by atoms with Gasteiger partial charge in [0.25, 0.3) is 0 Å². The van der Waals surface area contributed by atoms with E-state index in [1.165, 1.54) is 0 Å². The first kappa shape index (κ1) is 15.6. The molecule has 2 unspecified atom stereocenters. The molecule has 5 nitrogen and oxygen atoms in total. The molecule has 0 spiro atoms. The van der Waals surface area contributed by atoms with E-state index < -0.39 is 5.97 Å². The first-order valence-corrected chi connectivity index (χ1v) is 7.13. The summed E-state index contributed by atoms with van der Waals surface area (Å²) in [6, 6.07) is 3.94. The van der Waals surface area contributed by atoms with E-state index >= 15 is 0 Å². The Hall–Kier alpha value is -1.75. The Labute approximate surface area is 125 Å². The van der Waals surface area contributed by atoms with Gasteiger partial charge in [0.05, 0.1) is 20.1 Å². The van der Waals surface area contributed by atoms with Crippen LogP contribution in [-0.4, -0.2) is 43.3 Å². The van der Waals surface area contributed by atoms with Gasteiger partial charge in [-0.15, -0.1) is 0 Å². The molecular weight excluding hydrogens is 270 g/mol. The first-order valence-electron chi connectivity index (χ1n) is 7.13. The second-order valence-electron chi connectivity index (χ2n) is 5.75. The van der Waals surface area contributed by atoms with E-state index in [0.717, 1.165) is 30.0 Å². The summed E-state index contributed by atoms with van der Waals surface area (Å²) < 4.78 is 10.6. The van der Waals surface area contributed by atoms with Gasteiger partial charge in [0.15, 0.2) is 11.5 Å². The second-order valence-corrected chi connectivity index (χ2v) is 5.75. The molecule has 0 saturated carbocycles. The number of likely N-dealkylation sites (tertiary alicyclic amines) is 1. The van der Waals surface area contributed by atoms with E-state index in [2.05, 4.69) is 4.90 Å². The van der Waals surface area contributed by atoms with Crippen LogP contribution >= 0.6 is 0 Å². The van der Waals surface area contributed by atoms with E-state index in [9.17, 15) is 9.90 Å². The number of aliphatic carboxylic acids is 1. The van der Waals surface area contributed by atoms with Crippen molar-refractivity contribution in [1.82, 2.24) is 4.90 Å². The zero-order chi connectivity index (χ0) is 15.6. The summed E-state index contributed by atoms with van der Waals surface area (Å²) in [5.41, 5.74) is 2.27. The number of benzene rings is 1. The molecule has 1 aliphatic heterocycles. The molecule has 0 aromatic heterocycles. The smallest absolute Gasteiger partial charge is 0.308 e. The van der Waals surface area contributed by atoms with Gasteiger partial charge >= 0.3 is 5.97 Å². The molecule has 2 atom stereocenters. The highest BCUT2D eigenvalue weighted by molar-refractivity contribution is 5.71. The monoisotopic (exact) mass is 293 g/mol. The van der Waals surface area contributed by atoms with E-state index in [1.807, 2.05) is 26.0 Å². The van der Waals surface area contributed by atoms with Crippen molar-refractivity contribution in [2.75, 3.05) is 27.3 Å². The summed E-state index contributed by atoms with van der Waals surface area (Å²) in [6.45, 7) is 6.18. The average Bonchev–Trinajstić information content (AvgIpc) is 2.81. The molecule has 21 heavy (non-hydrogen) atoms. The van der Waals surface area contributed by atoms with Crippen molar-refractivity contribution in [3.63, 3.8) is 0 Å². The fourth-order valence-corrected chi connectivity index (χ4v) is 2.95. The van der Waals surface area contributed by atoms with Gasteiger partial charge in [0.1, 0.15) is 0 Å². The first-order chi connectivity index (χ1) is 9.96. The van der Waals surface area contributed by atoms with Crippen LogP contribution < -0.4 is 9.47 Å². The maximum absolute atomic E-state index is 11.2. The minimum absolute atomic E-state index is 0.183.